The molecular formula is C19H22N2O2S. The standard InChI is InChI=1S/C19H22N2O2S/c1-13-9-15(3)17(10-14(13)2)21-19(24)20-11-18(22)23-12-16-7-5-4-6-8-16/h4-10H,11-12H2,1-3H3,(H2,20,21,24). The summed E-state index contributed by atoms with van der Waals surface area (Å²) in [6.45, 7) is 6.44. The third-order valence-corrected chi connectivity index (χ3v) is 3.97. The Kier molecular flexibility index (Phi) is 6.32. The molecule has 0 saturated heterocycles. The fraction of sp³-hybridized carbons (Fsp3) is 0.263. The lowest BCUT2D eigenvalue weighted by Crippen LogP contribution is -2.34. The van der Waals surface area contributed by atoms with Gasteiger partial charge >= 0.3 is 5.97 Å². The molecule has 0 aliphatic heterocycles. The van der Waals surface area contributed by atoms with Crippen LogP contribution >= 0.6 is 12.2 Å². The minimum Gasteiger partial charge on any atom is -0.460 e. The zero-order valence-electron chi connectivity index (χ0n) is 14.2. The van der Waals surface area contributed by atoms with E-state index in [1.807, 2.05) is 43.3 Å². The van der Waals surface area contributed by atoms with Crippen molar-refractivity contribution in [2.75, 3.05) is 11.9 Å². The summed E-state index contributed by atoms with van der Waals surface area (Å²) in [7, 11) is 0. The van der Waals surface area contributed by atoms with E-state index in [2.05, 4.69) is 30.5 Å². The van der Waals surface area contributed by atoms with Crippen molar-refractivity contribution in [2.45, 2.75) is 27.4 Å². The normalized spacial score (nSPS) is 10.1. The van der Waals surface area contributed by atoms with E-state index in [9.17, 15) is 4.79 Å². The summed E-state index contributed by atoms with van der Waals surface area (Å²) in [4.78, 5) is 11.8. The maximum Gasteiger partial charge on any atom is 0.325 e. The smallest absolute Gasteiger partial charge is 0.325 e. The lowest BCUT2D eigenvalue weighted by molar-refractivity contribution is -0.143. The fourth-order valence-electron chi connectivity index (χ4n) is 2.20. The van der Waals surface area contributed by atoms with E-state index < -0.39 is 0 Å². The van der Waals surface area contributed by atoms with Crippen LogP contribution in [0.1, 0.15) is 22.3 Å². The largest absolute Gasteiger partial charge is 0.460 e. The number of hydrogen-bond acceptors (Lipinski definition) is 3. The quantitative estimate of drug-likeness (QED) is 0.642. The maximum atomic E-state index is 11.8. The molecule has 2 aromatic carbocycles. The summed E-state index contributed by atoms with van der Waals surface area (Å²) in [5, 5.41) is 6.40. The Hall–Kier alpha value is -2.40. The van der Waals surface area contributed by atoms with Crippen molar-refractivity contribution in [3.63, 3.8) is 0 Å². The van der Waals surface area contributed by atoms with Crippen molar-refractivity contribution < 1.29 is 9.53 Å². The van der Waals surface area contributed by atoms with Crippen LogP contribution in [-0.4, -0.2) is 17.6 Å². The number of benzene rings is 2. The molecule has 2 aromatic rings. The topological polar surface area (TPSA) is 50.4 Å². The summed E-state index contributed by atoms with van der Waals surface area (Å²) in [6, 6.07) is 13.7. The molecule has 0 spiro atoms. The summed E-state index contributed by atoms with van der Waals surface area (Å²) in [6.07, 6.45) is 0. The molecule has 5 heteroatoms. The van der Waals surface area contributed by atoms with E-state index in [1.165, 1.54) is 11.1 Å². The Bertz CT molecular complexity index is 730. The molecule has 0 amide bonds. The monoisotopic (exact) mass is 342 g/mol. The van der Waals surface area contributed by atoms with Crippen molar-refractivity contribution >= 4 is 29.0 Å². The number of carbonyl (C=O) groups excluding carboxylic acids is 1. The van der Waals surface area contributed by atoms with Crippen LogP contribution in [0.25, 0.3) is 0 Å². The van der Waals surface area contributed by atoms with Crippen molar-refractivity contribution in [1.82, 2.24) is 5.32 Å². The van der Waals surface area contributed by atoms with Gasteiger partial charge in [-0.15, -0.1) is 0 Å². The molecular weight excluding hydrogens is 320 g/mol. The Balaban J connectivity index is 1.78. The van der Waals surface area contributed by atoms with Crippen LogP contribution in [0.15, 0.2) is 42.5 Å². The lowest BCUT2D eigenvalue weighted by Gasteiger charge is -2.14. The average molecular weight is 342 g/mol. The van der Waals surface area contributed by atoms with Gasteiger partial charge in [-0.3, -0.25) is 4.79 Å². The highest BCUT2D eigenvalue weighted by atomic mass is 32.1. The number of carbonyl (C=O) groups is 1. The van der Waals surface area contributed by atoms with Gasteiger partial charge in [0.2, 0.25) is 0 Å². The fourth-order valence-corrected chi connectivity index (χ4v) is 2.39. The van der Waals surface area contributed by atoms with Gasteiger partial charge in [0.15, 0.2) is 5.11 Å². The van der Waals surface area contributed by atoms with Crippen molar-refractivity contribution in [2.24, 2.45) is 0 Å². The van der Waals surface area contributed by atoms with Crippen LogP contribution in [-0.2, 0) is 16.1 Å². The first-order valence-corrected chi connectivity index (χ1v) is 8.19. The van der Waals surface area contributed by atoms with Gasteiger partial charge in [-0.05, 0) is 61.3 Å². The molecule has 4 nitrogen and oxygen atoms in total. The number of aryl methyl sites for hydroxylation is 3. The second-order valence-corrected chi connectivity index (χ2v) is 6.11. The van der Waals surface area contributed by atoms with Gasteiger partial charge in [-0.1, -0.05) is 36.4 Å². The first kappa shape index (κ1) is 17.9. The first-order valence-electron chi connectivity index (χ1n) is 7.78. The molecule has 0 radical (unpaired) electrons. The maximum absolute atomic E-state index is 11.8. The molecule has 0 atom stereocenters. The molecule has 0 aliphatic carbocycles. The zero-order valence-corrected chi connectivity index (χ0v) is 15.0. The molecule has 0 aliphatic rings. The summed E-state index contributed by atoms with van der Waals surface area (Å²) < 4.78 is 5.20. The van der Waals surface area contributed by atoms with Crippen LogP contribution in [0.2, 0.25) is 0 Å². The van der Waals surface area contributed by atoms with Crippen LogP contribution in [0.4, 0.5) is 5.69 Å². The van der Waals surface area contributed by atoms with Gasteiger partial charge in [-0.25, -0.2) is 0 Å². The molecule has 0 saturated carbocycles. The Morgan fingerprint density at radius 3 is 2.42 bits per heavy atom. The molecule has 0 heterocycles. The highest BCUT2D eigenvalue weighted by molar-refractivity contribution is 7.80. The summed E-state index contributed by atoms with van der Waals surface area (Å²) in [5.74, 6) is -0.347. The highest BCUT2D eigenvalue weighted by Crippen LogP contribution is 2.19. The molecule has 2 rings (SSSR count). The number of anilines is 1. The predicted octanol–water partition coefficient (Wildman–Crippen LogP) is 3.64. The van der Waals surface area contributed by atoms with E-state index in [1.54, 1.807) is 0 Å². The van der Waals surface area contributed by atoms with Gasteiger partial charge in [0.1, 0.15) is 13.2 Å². The number of rotatable bonds is 5. The molecule has 2 N–H and O–H groups in total. The van der Waals surface area contributed by atoms with Crippen molar-refractivity contribution in [1.29, 1.82) is 0 Å². The van der Waals surface area contributed by atoms with E-state index >= 15 is 0 Å². The van der Waals surface area contributed by atoms with Crippen molar-refractivity contribution in [3.8, 4) is 0 Å². The summed E-state index contributed by atoms with van der Waals surface area (Å²) >= 11 is 5.24. The van der Waals surface area contributed by atoms with Crippen LogP contribution < -0.4 is 10.6 Å². The summed E-state index contributed by atoms with van der Waals surface area (Å²) in [5.41, 5.74) is 5.43. The minimum absolute atomic E-state index is 0.0303. The zero-order chi connectivity index (χ0) is 17.5. The van der Waals surface area contributed by atoms with Crippen LogP contribution in [0.3, 0.4) is 0 Å². The second-order valence-electron chi connectivity index (χ2n) is 5.71. The Morgan fingerprint density at radius 1 is 1.04 bits per heavy atom. The second kappa shape index (κ2) is 8.45. The number of ether oxygens (including phenoxy) is 1. The van der Waals surface area contributed by atoms with Gasteiger partial charge in [-0.2, -0.15) is 0 Å². The van der Waals surface area contributed by atoms with E-state index in [-0.39, 0.29) is 19.1 Å². The SMILES string of the molecule is Cc1cc(C)c(NC(=S)NCC(=O)OCc2ccccc2)cc1C. The number of nitrogens with one attached hydrogen (secondary N) is 2. The third-order valence-electron chi connectivity index (χ3n) is 3.72. The van der Waals surface area contributed by atoms with Crippen LogP contribution in [0.5, 0.6) is 0 Å². The van der Waals surface area contributed by atoms with Crippen LogP contribution in [0, 0.1) is 20.8 Å². The first-order chi connectivity index (χ1) is 11.5. The van der Waals surface area contributed by atoms with E-state index in [0.717, 1.165) is 16.8 Å². The molecule has 24 heavy (non-hydrogen) atoms. The van der Waals surface area contributed by atoms with E-state index in [4.69, 9.17) is 17.0 Å². The molecule has 0 unspecified atom stereocenters. The molecule has 126 valence electrons. The van der Waals surface area contributed by atoms with Gasteiger partial charge in [0.25, 0.3) is 0 Å². The number of hydrogen-bond donors (Lipinski definition) is 2. The van der Waals surface area contributed by atoms with E-state index in [0.29, 0.717) is 5.11 Å². The number of thiocarbonyl (C=S) groups is 1. The van der Waals surface area contributed by atoms with Crippen molar-refractivity contribution in [3.05, 3.63) is 64.7 Å². The molecule has 0 fully saturated rings. The lowest BCUT2D eigenvalue weighted by atomic mass is 10.1. The predicted molar refractivity (Wildman–Crippen MR) is 101 cm³/mol. The highest BCUT2D eigenvalue weighted by Gasteiger charge is 2.07. The third kappa shape index (κ3) is 5.35. The van der Waals surface area contributed by atoms with Gasteiger partial charge in [0.05, 0.1) is 0 Å². The molecule has 0 bridgehead atoms. The number of esters is 1. The average Bonchev–Trinajstić information content (AvgIpc) is 2.57. The van der Waals surface area contributed by atoms with Gasteiger partial charge in [0, 0.05) is 5.69 Å². The Morgan fingerprint density at radius 2 is 1.71 bits per heavy atom. The Labute approximate surface area is 148 Å². The molecule has 0 aromatic heterocycles. The van der Waals surface area contributed by atoms with Gasteiger partial charge < -0.3 is 15.4 Å². The minimum atomic E-state index is -0.347.